The fraction of sp³-hybridized carbons (Fsp3) is 0.529. The van der Waals surface area contributed by atoms with Crippen molar-refractivity contribution in [3.63, 3.8) is 0 Å². The molecular weight excluding hydrogens is 276 g/mol. The number of aromatic nitrogens is 1. The fourth-order valence-corrected chi connectivity index (χ4v) is 3.20. The zero-order valence-electron chi connectivity index (χ0n) is 12.8. The van der Waals surface area contributed by atoms with E-state index in [1.54, 1.807) is 0 Å². The molecule has 2 fully saturated rings. The Bertz CT molecular complexity index is 733. The van der Waals surface area contributed by atoms with Crippen LogP contribution < -0.4 is 5.32 Å². The second-order valence-electron chi connectivity index (χ2n) is 6.53. The van der Waals surface area contributed by atoms with E-state index in [0.717, 1.165) is 48.4 Å². The maximum absolute atomic E-state index is 9.05. The Morgan fingerprint density at radius 3 is 2.73 bits per heavy atom. The number of nitriles is 1. The van der Waals surface area contributed by atoms with Gasteiger partial charge in [0.05, 0.1) is 5.69 Å². The lowest BCUT2D eigenvalue weighted by molar-refractivity contribution is 0.263. The molecule has 2 aromatic rings. The maximum atomic E-state index is 9.05. The molecule has 5 nitrogen and oxygen atoms in total. The quantitative estimate of drug-likeness (QED) is 0.943. The van der Waals surface area contributed by atoms with Crippen molar-refractivity contribution < 1.29 is 4.42 Å². The highest BCUT2D eigenvalue weighted by molar-refractivity contribution is 5.84. The molecule has 4 rings (SSSR count). The van der Waals surface area contributed by atoms with Crippen molar-refractivity contribution in [2.45, 2.75) is 37.6 Å². The zero-order chi connectivity index (χ0) is 15.1. The number of furan rings is 1. The Morgan fingerprint density at radius 1 is 1.27 bits per heavy atom. The smallest absolute Gasteiger partial charge is 0.204 e. The normalized spacial score (nSPS) is 20.2. The van der Waals surface area contributed by atoms with Crippen LogP contribution in [0.1, 0.15) is 43.1 Å². The van der Waals surface area contributed by atoms with Crippen LogP contribution in [-0.2, 0) is 0 Å². The third kappa shape index (κ3) is 2.55. The van der Waals surface area contributed by atoms with Crippen LogP contribution in [0.4, 0.5) is 5.82 Å². The summed E-state index contributed by atoms with van der Waals surface area (Å²) in [4.78, 5) is 7.16. The predicted octanol–water partition coefficient (Wildman–Crippen LogP) is 3.08. The number of hydrogen-bond acceptors (Lipinski definition) is 5. The van der Waals surface area contributed by atoms with E-state index in [9.17, 15) is 0 Å². The highest BCUT2D eigenvalue weighted by Gasteiger charge is 2.29. The molecule has 0 aromatic carbocycles. The number of nitrogens with one attached hydrogen (secondary N) is 1. The van der Waals surface area contributed by atoms with Crippen LogP contribution in [0.25, 0.3) is 11.0 Å². The number of rotatable bonds is 3. The summed E-state index contributed by atoms with van der Waals surface area (Å²) in [5, 5.41) is 13.6. The lowest BCUT2D eigenvalue weighted by atomic mass is 10.1. The summed E-state index contributed by atoms with van der Waals surface area (Å²) < 4.78 is 5.65. The van der Waals surface area contributed by atoms with Gasteiger partial charge in [-0.3, -0.25) is 0 Å². The number of fused-ring (bicyclic) bond motifs is 1. The molecule has 114 valence electrons. The second-order valence-corrected chi connectivity index (χ2v) is 6.53. The Hall–Kier alpha value is -2.06. The number of nitrogens with zero attached hydrogens (tertiary/aromatic N) is 3. The van der Waals surface area contributed by atoms with Gasteiger partial charge >= 0.3 is 0 Å². The summed E-state index contributed by atoms with van der Waals surface area (Å²) in [5.41, 5.74) is 1.82. The molecular formula is C17H20N4O. The minimum Gasteiger partial charge on any atom is -0.444 e. The first-order valence-corrected chi connectivity index (χ1v) is 8.02. The van der Waals surface area contributed by atoms with Gasteiger partial charge in [0.15, 0.2) is 5.58 Å². The standard InChI is InChI=1S/C17H20N4O/c1-21-6-4-13(5-7-21)19-15-9-12-8-14(10-18)22-17(12)16(20-15)11-2-3-11/h8-9,11,13H,2-7H2,1H3,(H,19,20). The van der Waals surface area contributed by atoms with E-state index in [2.05, 4.69) is 23.3 Å². The van der Waals surface area contributed by atoms with Gasteiger partial charge < -0.3 is 14.6 Å². The Kier molecular flexibility index (Phi) is 3.27. The largest absolute Gasteiger partial charge is 0.444 e. The number of pyridine rings is 1. The van der Waals surface area contributed by atoms with E-state index in [-0.39, 0.29) is 0 Å². The highest BCUT2D eigenvalue weighted by atomic mass is 16.3. The van der Waals surface area contributed by atoms with Crippen LogP contribution in [0.5, 0.6) is 0 Å². The molecule has 0 radical (unpaired) electrons. The summed E-state index contributed by atoms with van der Waals surface area (Å²) in [5.74, 6) is 1.80. The SMILES string of the molecule is CN1CCC(Nc2cc3cc(C#N)oc3c(C3CC3)n2)CC1. The Balaban J connectivity index is 1.64. The molecule has 2 aromatic heterocycles. The summed E-state index contributed by atoms with van der Waals surface area (Å²) in [6.45, 7) is 2.25. The summed E-state index contributed by atoms with van der Waals surface area (Å²) in [7, 11) is 2.17. The topological polar surface area (TPSA) is 65.1 Å². The van der Waals surface area contributed by atoms with Crippen LogP contribution in [0.15, 0.2) is 16.5 Å². The molecule has 0 unspecified atom stereocenters. The molecule has 1 aliphatic heterocycles. The number of likely N-dealkylation sites (tertiary alicyclic amines) is 1. The Labute approximate surface area is 129 Å². The Morgan fingerprint density at radius 2 is 2.05 bits per heavy atom. The molecule has 1 saturated carbocycles. The van der Waals surface area contributed by atoms with Gasteiger partial charge in [-0.1, -0.05) is 0 Å². The first-order valence-electron chi connectivity index (χ1n) is 8.02. The summed E-state index contributed by atoms with van der Waals surface area (Å²) in [6.07, 6.45) is 4.62. The van der Waals surface area contributed by atoms with Crippen molar-refractivity contribution in [2.24, 2.45) is 0 Å². The summed E-state index contributed by atoms with van der Waals surface area (Å²) in [6, 6.07) is 6.41. The molecule has 0 bridgehead atoms. The minimum atomic E-state index is 0.371. The molecule has 22 heavy (non-hydrogen) atoms. The third-order valence-corrected chi connectivity index (χ3v) is 4.67. The van der Waals surface area contributed by atoms with Gasteiger partial charge in [-0.2, -0.15) is 5.26 Å². The molecule has 0 amide bonds. The highest BCUT2D eigenvalue weighted by Crippen LogP contribution is 2.43. The molecule has 1 aliphatic carbocycles. The van der Waals surface area contributed by atoms with Crippen molar-refractivity contribution >= 4 is 16.8 Å². The lowest BCUT2D eigenvalue weighted by Gasteiger charge is -2.29. The second kappa shape index (κ2) is 5.29. The minimum absolute atomic E-state index is 0.371. The van der Waals surface area contributed by atoms with Crippen LogP contribution in [0.2, 0.25) is 0 Å². The number of hydrogen-bond donors (Lipinski definition) is 1. The summed E-state index contributed by atoms with van der Waals surface area (Å²) >= 11 is 0. The first kappa shape index (κ1) is 13.6. The number of piperidine rings is 1. The van der Waals surface area contributed by atoms with Crippen molar-refractivity contribution in [1.29, 1.82) is 5.26 Å². The maximum Gasteiger partial charge on any atom is 0.204 e. The van der Waals surface area contributed by atoms with Crippen LogP contribution in [0.3, 0.4) is 0 Å². The van der Waals surface area contributed by atoms with Gasteiger partial charge in [0, 0.05) is 23.4 Å². The fourth-order valence-electron chi connectivity index (χ4n) is 3.20. The van der Waals surface area contributed by atoms with Crippen LogP contribution in [0, 0.1) is 11.3 Å². The van der Waals surface area contributed by atoms with E-state index in [1.807, 2.05) is 12.1 Å². The van der Waals surface area contributed by atoms with Crippen LogP contribution >= 0.6 is 0 Å². The predicted molar refractivity (Wildman–Crippen MR) is 84.8 cm³/mol. The van der Waals surface area contributed by atoms with Crippen molar-refractivity contribution in [3.8, 4) is 6.07 Å². The number of anilines is 1. The van der Waals surface area contributed by atoms with Gasteiger partial charge in [0.2, 0.25) is 5.76 Å². The molecule has 1 saturated heterocycles. The van der Waals surface area contributed by atoms with E-state index >= 15 is 0 Å². The van der Waals surface area contributed by atoms with Gasteiger partial charge in [0.1, 0.15) is 11.9 Å². The van der Waals surface area contributed by atoms with E-state index in [1.165, 1.54) is 12.8 Å². The van der Waals surface area contributed by atoms with E-state index < -0.39 is 0 Å². The van der Waals surface area contributed by atoms with Gasteiger partial charge in [-0.05, 0) is 51.9 Å². The van der Waals surface area contributed by atoms with Gasteiger partial charge in [0.25, 0.3) is 0 Å². The molecule has 2 aliphatic rings. The van der Waals surface area contributed by atoms with Crippen molar-refractivity contribution in [2.75, 3.05) is 25.5 Å². The first-order chi connectivity index (χ1) is 10.7. The lowest BCUT2D eigenvalue weighted by Crippen LogP contribution is -2.36. The van der Waals surface area contributed by atoms with Crippen molar-refractivity contribution in [1.82, 2.24) is 9.88 Å². The third-order valence-electron chi connectivity index (χ3n) is 4.67. The van der Waals surface area contributed by atoms with E-state index in [4.69, 9.17) is 14.7 Å². The van der Waals surface area contributed by atoms with Crippen molar-refractivity contribution in [3.05, 3.63) is 23.6 Å². The molecule has 5 heteroatoms. The van der Waals surface area contributed by atoms with Gasteiger partial charge in [-0.25, -0.2) is 4.98 Å². The average molecular weight is 296 g/mol. The van der Waals surface area contributed by atoms with Gasteiger partial charge in [-0.15, -0.1) is 0 Å². The van der Waals surface area contributed by atoms with E-state index in [0.29, 0.717) is 17.7 Å². The molecule has 0 spiro atoms. The molecule has 3 heterocycles. The molecule has 1 N–H and O–H groups in total. The monoisotopic (exact) mass is 296 g/mol. The average Bonchev–Trinajstić information content (AvgIpc) is 3.28. The van der Waals surface area contributed by atoms with Crippen LogP contribution in [-0.4, -0.2) is 36.1 Å². The zero-order valence-corrected chi connectivity index (χ0v) is 12.8. The molecule has 0 atom stereocenters.